The Morgan fingerprint density at radius 1 is 0.575 bits per heavy atom. The topological polar surface area (TPSA) is 495 Å². The third-order valence-electron chi connectivity index (χ3n) is 11.0. The molecule has 0 aliphatic heterocycles. The molecule has 8 amide bonds. The normalized spacial score (nSPS) is 14.7. The summed E-state index contributed by atoms with van der Waals surface area (Å²) >= 11 is 0. The maximum absolute atomic E-state index is 14.1. The van der Waals surface area contributed by atoms with Gasteiger partial charge in [-0.15, -0.1) is 0 Å². The Kier molecular flexibility index (Phi) is 29.1. The van der Waals surface area contributed by atoms with Gasteiger partial charge in [0.2, 0.25) is 47.3 Å². The molecule has 0 spiro atoms. The van der Waals surface area contributed by atoms with Crippen molar-refractivity contribution in [1.82, 2.24) is 47.9 Å². The summed E-state index contributed by atoms with van der Waals surface area (Å²) in [5, 5.41) is 76.8. The number of guanidine groups is 2. The zero-order valence-corrected chi connectivity index (χ0v) is 41.8. The number of aliphatic carboxylic acids is 1. The van der Waals surface area contributed by atoms with E-state index < -0.39 is 127 Å². The quantitative estimate of drug-likeness (QED) is 0.0172. The molecule has 28 heteroatoms. The minimum absolute atomic E-state index is 0.0103. The second kappa shape index (κ2) is 33.3. The molecule has 0 unspecified atom stereocenters. The molecule has 0 saturated heterocycles. The van der Waals surface area contributed by atoms with Gasteiger partial charge < -0.3 is 91.2 Å². The number of hydrogen-bond acceptors (Lipinski definition) is 15. The summed E-state index contributed by atoms with van der Waals surface area (Å²) in [6.07, 6.45) is -1.47. The molecule has 0 heterocycles. The van der Waals surface area contributed by atoms with Gasteiger partial charge in [-0.05, 0) is 94.9 Å². The summed E-state index contributed by atoms with van der Waals surface area (Å²) in [7, 11) is 0. The van der Waals surface area contributed by atoms with Gasteiger partial charge in [0.15, 0.2) is 11.9 Å². The van der Waals surface area contributed by atoms with Crippen molar-refractivity contribution in [3.63, 3.8) is 0 Å². The smallest absolute Gasteiger partial charge is 0.305 e. The van der Waals surface area contributed by atoms with E-state index in [1.54, 1.807) is 32.9 Å². The fourth-order valence-corrected chi connectivity index (χ4v) is 7.06. The fourth-order valence-electron chi connectivity index (χ4n) is 7.06. The lowest BCUT2D eigenvalue weighted by Gasteiger charge is -2.28. The van der Waals surface area contributed by atoms with Crippen LogP contribution in [0.3, 0.4) is 0 Å². The van der Waals surface area contributed by atoms with Crippen LogP contribution in [0, 0.1) is 22.7 Å². The van der Waals surface area contributed by atoms with Crippen LogP contribution >= 0.6 is 0 Å². The molecular formula is C45H77N15O13. The molecule has 73 heavy (non-hydrogen) atoms. The molecule has 0 aliphatic carbocycles. The van der Waals surface area contributed by atoms with Crippen LogP contribution in [-0.2, 0) is 49.6 Å². The van der Waals surface area contributed by atoms with Crippen molar-refractivity contribution in [1.29, 1.82) is 10.8 Å². The molecule has 0 aliphatic rings. The minimum atomic E-state index is -1.96. The van der Waals surface area contributed by atoms with E-state index >= 15 is 0 Å². The Morgan fingerprint density at radius 3 is 1.47 bits per heavy atom. The number of aliphatic hydroxyl groups excluding tert-OH is 2. The molecule has 9 atom stereocenters. The molecule has 1 aromatic rings. The summed E-state index contributed by atoms with van der Waals surface area (Å²) in [5.41, 5.74) is 22.6. The first-order chi connectivity index (χ1) is 34.3. The van der Waals surface area contributed by atoms with Crippen LogP contribution in [0.25, 0.3) is 0 Å². The van der Waals surface area contributed by atoms with Crippen LogP contribution in [0.2, 0.25) is 0 Å². The monoisotopic (exact) mass is 1040 g/mol. The van der Waals surface area contributed by atoms with Gasteiger partial charge in [0, 0.05) is 19.0 Å². The van der Waals surface area contributed by atoms with E-state index in [0.29, 0.717) is 24.9 Å². The molecule has 0 radical (unpaired) electrons. The first-order valence-electron chi connectivity index (χ1n) is 23.9. The van der Waals surface area contributed by atoms with Gasteiger partial charge in [-0.1, -0.05) is 32.9 Å². The Hall–Kier alpha value is -7.33. The average molecular weight is 1040 g/mol. The molecule has 23 N–H and O–H groups in total. The number of primary amides is 1. The first-order valence-corrected chi connectivity index (χ1v) is 23.9. The number of nitrogens with one attached hydrogen (secondary N) is 11. The summed E-state index contributed by atoms with van der Waals surface area (Å²) in [6, 6.07) is -4.79. The van der Waals surface area contributed by atoms with Gasteiger partial charge in [0.1, 0.15) is 48.0 Å². The zero-order valence-electron chi connectivity index (χ0n) is 41.8. The summed E-state index contributed by atoms with van der Waals surface area (Å²) in [6.45, 7) is 5.62. The molecule has 0 aromatic heterocycles. The third kappa shape index (κ3) is 25.6. The second-order valence-corrected chi connectivity index (χ2v) is 17.9. The van der Waals surface area contributed by atoms with Crippen molar-refractivity contribution in [3.05, 3.63) is 29.8 Å². The van der Waals surface area contributed by atoms with Crippen LogP contribution in [0.4, 0.5) is 0 Å². The van der Waals surface area contributed by atoms with Crippen LogP contribution in [0.1, 0.15) is 91.0 Å². The second-order valence-electron chi connectivity index (χ2n) is 17.9. The summed E-state index contributed by atoms with van der Waals surface area (Å²) < 4.78 is 0. The van der Waals surface area contributed by atoms with Gasteiger partial charge in [-0.2, -0.15) is 0 Å². The van der Waals surface area contributed by atoms with Crippen molar-refractivity contribution in [2.24, 2.45) is 34.8 Å². The van der Waals surface area contributed by atoms with Crippen LogP contribution in [-0.4, -0.2) is 160 Å². The number of carboxylic acids is 1. The van der Waals surface area contributed by atoms with Gasteiger partial charge in [-0.3, -0.25) is 54.0 Å². The highest BCUT2D eigenvalue weighted by molar-refractivity contribution is 5.98. The van der Waals surface area contributed by atoms with Crippen molar-refractivity contribution >= 4 is 65.1 Å². The lowest BCUT2D eigenvalue weighted by atomic mass is 10.00. The largest absolute Gasteiger partial charge is 0.508 e. The van der Waals surface area contributed by atoms with E-state index in [2.05, 4.69) is 47.9 Å². The molecule has 1 aromatic carbocycles. The lowest BCUT2D eigenvalue weighted by molar-refractivity contribution is -0.142. The number of carboxylic acid groups (broad SMARTS) is 1. The Bertz CT molecular complexity index is 2030. The number of amides is 8. The number of benzene rings is 1. The molecule has 28 nitrogen and oxygen atoms in total. The van der Waals surface area contributed by atoms with Crippen LogP contribution < -0.4 is 70.8 Å². The predicted octanol–water partition coefficient (Wildman–Crippen LogP) is -5.00. The van der Waals surface area contributed by atoms with E-state index in [-0.39, 0.29) is 75.7 Å². The highest BCUT2D eigenvalue weighted by Crippen LogP contribution is 2.15. The lowest BCUT2D eigenvalue weighted by Crippen LogP contribution is -2.62. The van der Waals surface area contributed by atoms with Crippen molar-refractivity contribution in [2.75, 3.05) is 26.2 Å². The number of rotatable bonds is 35. The number of unbranched alkanes of at least 4 members (excludes halogenated alkanes) is 1. The maximum atomic E-state index is 14.1. The van der Waals surface area contributed by atoms with Crippen molar-refractivity contribution < 1.29 is 63.6 Å². The van der Waals surface area contributed by atoms with E-state index in [1.165, 1.54) is 12.1 Å². The molecule has 0 fully saturated rings. The van der Waals surface area contributed by atoms with E-state index in [0.717, 1.165) is 6.92 Å². The first kappa shape index (κ1) is 63.7. The van der Waals surface area contributed by atoms with Gasteiger partial charge in [0.25, 0.3) is 0 Å². The number of phenols is 1. The van der Waals surface area contributed by atoms with Crippen molar-refractivity contribution in [3.8, 4) is 5.75 Å². The summed E-state index contributed by atoms with van der Waals surface area (Å²) in [4.78, 5) is 120. The van der Waals surface area contributed by atoms with E-state index in [9.17, 15) is 63.6 Å². The fraction of sp³-hybridized carbons (Fsp3) is 0.622. The average Bonchev–Trinajstić information content (AvgIpc) is 3.30. The van der Waals surface area contributed by atoms with Crippen LogP contribution in [0.5, 0.6) is 5.75 Å². The van der Waals surface area contributed by atoms with Crippen molar-refractivity contribution in [2.45, 2.75) is 140 Å². The number of nitrogens with two attached hydrogens (primary N) is 4. The van der Waals surface area contributed by atoms with Crippen LogP contribution in [0.15, 0.2) is 24.3 Å². The standard InChI is InChI=1S/C45H77N15O13/c1-23(2)19-31(40(70)55-29(10-7-17-52-44(48)49)38(68)54-28(36(47)66)9-5-6-16-46)57-39(69)30(11-8-18-53-45(50)51)56-41(71)32(21-34(64)65)58-43(73)35(25(4)62)60-42(72)33(22-61)59-37(67)24(3)20-26-12-14-27(63)15-13-26/h12-15,23-25,28-33,35,61-63H,5-11,16-22,46H2,1-4H3,(H2,47,66)(H,54,68)(H,55,70)(H,56,71)(H,57,69)(H,58,73)(H,59,67)(H,60,72)(H,64,65)(H4,48,49,52)(H4,50,51,53)/t24-,25+,28-,29-,30-,31-,32-,33-,35-/m0/s1. The number of carbonyl (C=O) groups excluding carboxylic acids is 8. The Morgan fingerprint density at radius 2 is 1.01 bits per heavy atom. The summed E-state index contributed by atoms with van der Waals surface area (Å²) in [5.74, 6) is -11.1. The predicted molar refractivity (Wildman–Crippen MR) is 265 cm³/mol. The SMILES string of the molecule is CC(C)C[C@H](NC(=O)[C@H](CCCNC(=N)N)NC(=O)[C@H](CC(=O)O)NC(=O)[C@@H](NC(=O)[C@H](CO)NC(=O)[C@@H](C)Cc1ccc(O)cc1)[C@@H](C)O)C(=O)N[C@@H](CCCNC(=N)N)C(=O)N[C@@H](CCCCN)C(N)=O. The zero-order chi connectivity index (χ0) is 55.4. The number of phenolic OH excluding ortho intramolecular Hbond substituents is 1. The third-order valence-corrected chi connectivity index (χ3v) is 11.0. The molecular weight excluding hydrogens is 959 g/mol. The highest BCUT2D eigenvalue weighted by Gasteiger charge is 2.36. The Labute approximate surface area is 423 Å². The Balaban J connectivity index is 3.42. The molecule has 1 rings (SSSR count). The van der Waals surface area contributed by atoms with E-state index in [4.69, 9.17) is 33.8 Å². The number of carbonyl (C=O) groups is 9. The number of hydrogen-bond donors (Lipinski definition) is 19. The maximum Gasteiger partial charge on any atom is 0.305 e. The molecule has 0 bridgehead atoms. The van der Waals surface area contributed by atoms with Gasteiger partial charge in [0.05, 0.1) is 19.1 Å². The number of aromatic hydroxyl groups is 1. The van der Waals surface area contributed by atoms with E-state index in [1.807, 2.05) is 0 Å². The molecule has 410 valence electrons. The number of aliphatic hydroxyl groups is 2. The van der Waals surface area contributed by atoms with Gasteiger partial charge >= 0.3 is 5.97 Å². The minimum Gasteiger partial charge on any atom is -0.508 e. The van der Waals surface area contributed by atoms with Gasteiger partial charge in [-0.25, -0.2) is 0 Å². The highest BCUT2D eigenvalue weighted by atomic mass is 16.4. The molecule has 0 saturated carbocycles.